The molecule has 0 fully saturated rings. The predicted octanol–water partition coefficient (Wildman–Crippen LogP) is 3.65. The minimum atomic E-state index is -3.42. The van der Waals surface area contributed by atoms with E-state index in [1.807, 2.05) is 0 Å². The monoisotopic (exact) mass is 519 g/mol. The van der Waals surface area contributed by atoms with Crippen LogP contribution in [-0.2, 0) is 30.6 Å². The van der Waals surface area contributed by atoms with Crippen molar-refractivity contribution in [3.8, 4) is 16.9 Å². The number of nitrogens with two attached hydrogens (primary N) is 1. The highest BCUT2D eigenvalue weighted by molar-refractivity contribution is 7.90. The van der Waals surface area contributed by atoms with Crippen molar-refractivity contribution in [2.24, 2.45) is 0 Å². The highest BCUT2D eigenvalue weighted by Crippen LogP contribution is 2.37. The summed E-state index contributed by atoms with van der Waals surface area (Å²) >= 11 is 0. The van der Waals surface area contributed by atoms with Gasteiger partial charge in [0.2, 0.25) is 0 Å². The van der Waals surface area contributed by atoms with Gasteiger partial charge in [-0.25, -0.2) is 12.8 Å². The molecule has 2 aromatic carbocycles. The molecule has 1 atom stereocenters. The van der Waals surface area contributed by atoms with Gasteiger partial charge < -0.3 is 19.9 Å². The molecule has 0 amide bonds. The van der Waals surface area contributed by atoms with Gasteiger partial charge in [-0.05, 0) is 43.7 Å². The van der Waals surface area contributed by atoms with Crippen molar-refractivity contribution in [2.45, 2.75) is 37.7 Å². The van der Waals surface area contributed by atoms with Crippen LogP contribution in [0.3, 0.4) is 0 Å². The third kappa shape index (κ3) is 6.00. The molecule has 0 bridgehead atoms. The second-order valence-corrected chi connectivity index (χ2v) is 10.2. The second-order valence-electron chi connectivity index (χ2n) is 8.16. The van der Waals surface area contributed by atoms with Crippen LogP contribution in [0.4, 0.5) is 10.1 Å². The third-order valence-electron chi connectivity index (χ3n) is 5.64. The average molecular weight is 520 g/mol. The number of carbonyl (C=O) groups excluding carboxylic acids is 1. The first-order chi connectivity index (χ1) is 16.9. The minimum absolute atomic E-state index is 0.122. The van der Waals surface area contributed by atoms with Gasteiger partial charge in [-0.1, -0.05) is 25.1 Å². The number of hydrogen-bond acceptors (Lipinski definition) is 8. The van der Waals surface area contributed by atoms with Crippen LogP contribution in [0, 0.1) is 22.9 Å². The summed E-state index contributed by atoms with van der Waals surface area (Å²) in [7, 11) is -3.42. The highest BCUT2D eigenvalue weighted by Gasteiger charge is 2.24. The van der Waals surface area contributed by atoms with E-state index in [1.54, 1.807) is 36.6 Å². The number of halogens is 1. The molecule has 0 radical (unpaired) electrons. The predicted molar refractivity (Wildman–Crippen MR) is 130 cm³/mol. The van der Waals surface area contributed by atoms with Gasteiger partial charge in [0.05, 0.1) is 22.7 Å². The van der Waals surface area contributed by atoms with Crippen LogP contribution >= 0.6 is 0 Å². The Kier molecular flexibility index (Phi) is 7.98. The summed E-state index contributed by atoms with van der Waals surface area (Å²) in [4.78, 5) is 27.7. The van der Waals surface area contributed by atoms with E-state index >= 15 is 0 Å². The summed E-state index contributed by atoms with van der Waals surface area (Å²) < 4.78 is 44.7. The van der Waals surface area contributed by atoms with Crippen molar-refractivity contribution in [1.82, 2.24) is 4.57 Å². The Morgan fingerprint density at radius 1 is 1.22 bits per heavy atom. The summed E-state index contributed by atoms with van der Waals surface area (Å²) in [6.45, 7) is 3.06. The van der Waals surface area contributed by atoms with Crippen LogP contribution in [-0.4, -0.2) is 43.0 Å². The molecule has 3 aromatic rings. The normalized spacial score (nSPS) is 12.2. The maximum Gasteiger partial charge on any atom is 0.310 e. The number of rotatable bonds is 10. The number of benzene rings is 2. The zero-order valence-electron chi connectivity index (χ0n) is 19.9. The van der Waals surface area contributed by atoms with E-state index in [-0.39, 0.29) is 30.0 Å². The van der Waals surface area contributed by atoms with Crippen LogP contribution in [0.25, 0.3) is 16.9 Å². The SMILES string of the molecule is CCC(COC(=O)Cc1c(N)c(-c2ccc(S(C)(=O)=O)cc2)n(-c2cccc(F)c2)c1C)O[N+](=O)[O-]. The van der Waals surface area contributed by atoms with Crippen LogP contribution in [0.5, 0.6) is 0 Å². The molecule has 10 nitrogen and oxygen atoms in total. The maximum absolute atomic E-state index is 14.1. The molecule has 0 aliphatic heterocycles. The number of esters is 1. The molecule has 0 saturated heterocycles. The molecule has 0 aliphatic rings. The molecule has 2 N–H and O–H groups in total. The fourth-order valence-corrected chi connectivity index (χ4v) is 4.42. The van der Waals surface area contributed by atoms with Gasteiger partial charge in [0, 0.05) is 28.8 Å². The van der Waals surface area contributed by atoms with Crippen molar-refractivity contribution in [2.75, 3.05) is 18.6 Å². The lowest BCUT2D eigenvalue weighted by molar-refractivity contribution is -0.769. The summed E-state index contributed by atoms with van der Waals surface area (Å²) in [5.74, 6) is -1.15. The largest absolute Gasteiger partial charge is 0.463 e. The number of nitrogen functional groups attached to an aromatic ring is 1. The van der Waals surface area contributed by atoms with Gasteiger partial charge >= 0.3 is 5.97 Å². The van der Waals surface area contributed by atoms with Crippen LogP contribution in [0.15, 0.2) is 53.4 Å². The molecule has 1 unspecified atom stereocenters. The lowest BCUT2D eigenvalue weighted by Gasteiger charge is -2.13. The van der Waals surface area contributed by atoms with Gasteiger partial charge in [0.15, 0.2) is 9.84 Å². The standard InChI is InChI=1S/C24H26FN3O7S/c1-4-19(35-28(30)31)14-34-22(29)13-21-15(2)27(18-7-5-6-17(25)12-18)24(23(21)26)16-8-10-20(11-9-16)36(3,32)33/h5-12,19H,4,13-14,26H2,1-3H3. The molecule has 3 rings (SSSR count). The number of ether oxygens (including phenoxy) is 1. The first kappa shape index (κ1) is 26.7. The lowest BCUT2D eigenvalue weighted by Crippen LogP contribution is -2.24. The molecule has 0 aliphatic carbocycles. The van der Waals surface area contributed by atoms with Crippen molar-refractivity contribution in [1.29, 1.82) is 0 Å². The average Bonchev–Trinajstić information content (AvgIpc) is 3.05. The highest BCUT2D eigenvalue weighted by atomic mass is 32.2. The van der Waals surface area contributed by atoms with E-state index in [9.17, 15) is 27.7 Å². The molecule has 36 heavy (non-hydrogen) atoms. The van der Waals surface area contributed by atoms with Gasteiger partial charge in [0.1, 0.15) is 18.5 Å². The third-order valence-corrected chi connectivity index (χ3v) is 6.77. The smallest absolute Gasteiger partial charge is 0.310 e. The van der Waals surface area contributed by atoms with E-state index < -0.39 is 32.8 Å². The summed E-state index contributed by atoms with van der Waals surface area (Å²) in [6, 6.07) is 11.9. The van der Waals surface area contributed by atoms with E-state index in [0.29, 0.717) is 28.2 Å². The quantitative estimate of drug-likeness (QED) is 0.243. The van der Waals surface area contributed by atoms with Crippen molar-refractivity contribution in [3.05, 3.63) is 75.7 Å². The van der Waals surface area contributed by atoms with Gasteiger partial charge in [-0.15, -0.1) is 10.1 Å². The number of aromatic nitrogens is 1. The van der Waals surface area contributed by atoms with E-state index in [1.165, 1.54) is 30.3 Å². The Hall–Kier alpha value is -3.93. The first-order valence-electron chi connectivity index (χ1n) is 10.9. The number of sulfone groups is 1. The molecule has 1 heterocycles. The topological polar surface area (TPSA) is 144 Å². The molecule has 12 heteroatoms. The maximum atomic E-state index is 14.1. The van der Waals surface area contributed by atoms with Crippen molar-refractivity contribution >= 4 is 21.5 Å². The van der Waals surface area contributed by atoms with E-state index in [0.717, 1.165) is 6.26 Å². The fourth-order valence-electron chi connectivity index (χ4n) is 3.79. The van der Waals surface area contributed by atoms with Crippen molar-refractivity contribution in [3.63, 3.8) is 0 Å². The molecule has 192 valence electrons. The number of hydrogen-bond donors (Lipinski definition) is 1. The van der Waals surface area contributed by atoms with Crippen LogP contribution in [0.2, 0.25) is 0 Å². The Balaban J connectivity index is 2.02. The van der Waals surface area contributed by atoms with E-state index in [4.69, 9.17) is 10.5 Å². The van der Waals surface area contributed by atoms with Crippen molar-refractivity contribution < 1.29 is 32.3 Å². The van der Waals surface area contributed by atoms with Crippen LogP contribution in [0.1, 0.15) is 24.6 Å². The molecule has 0 spiro atoms. The summed E-state index contributed by atoms with van der Waals surface area (Å²) in [5.41, 5.74) is 9.13. The summed E-state index contributed by atoms with van der Waals surface area (Å²) in [6.07, 6.45) is 0.213. The zero-order chi connectivity index (χ0) is 26.6. The van der Waals surface area contributed by atoms with Gasteiger partial charge in [-0.2, -0.15) is 0 Å². The Morgan fingerprint density at radius 3 is 2.44 bits per heavy atom. The zero-order valence-corrected chi connectivity index (χ0v) is 20.7. The Labute approximate surface area is 207 Å². The minimum Gasteiger partial charge on any atom is -0.463 e. The van der Waals surface area contributed by atoms with Gasteiger partial charge in [-0.3, -0.25) is 4.79 Å². The number of nitrogens with zero attached hydrogens (tertiary/aromatic N) is 2. The lowest BCUT2D eigenvalue weighted by atomic mass is 10.1. The molecular weight excluding hydrogens is 493 g/mol. The van der Waals surface area contributed by atoms with Gasteiger partial charge in [0.25, 0.3) is 5.09 Å². The Morgan fingerprint density at radius 2 is 1.89 bits per heavy atom. The van der Waals surface area contributed by atoms with E-state index in [2.05, 4.69) is 4.84 Å². The number of carbonyl (C=O) groups is 1. The Bertz CT molecular complexity index is 1390. The molecular formula is C24H26FN3O7S. The fraction of sp³-hybridized carbons (Fsp3) is 0.292. The van der Waals surface area contributed by atoms with Crippen LogP contribution < -0.4 is 5.73 Å². The summed E-state index contributed by atoms with van der Waals surface area (Å²) in [5, 5.41) is 9.63. The second kappa shape index (κ2) is 10.8. The molecule has 0 saturated carbocycles. The molecule has 1 aromatic heterocycles. The first-order valence-corrected chi connectivity index (χ1v) is 12.8. The number of anilines is 1.